The molecule has 1 N–H and O–H groups in total. The quantitative estimate of drug-likeness (QED) is 0.769. The zero-order chi connectivity index (χ0) is 13.8. The van der Waals surface area contributed by atoms with Gasteiger partial charge in [-0.1, -0.05) is 24.3 Å². The molecule has 0 heterocycles. The molecule has 0 atom stereocenters. The molecule has 1 saturated carbocycles. The minimum Gasteiger partial charge on any atom is -0.497 e. The summed E-state index contributed by atoms with van der Waals surface area (Å²) in [4.78, 5) is 0. The molecular formula is C18H23NO. The molecule has 0 amide bonds. The third-order valence-electron chi connectivity index (χ3n) is 4.01. The Balaban J connectivity index is 1.54. The van der Waals surface area contributed by atoms with Gasteiger partial charge in [0.15, 0.2) is 0 Å². The number of ether oxygens (including phenoxy) is 1. The average molecular weight is 269 g/mol. The standard InChI is InChI=1S/C18H23NO/c1-20-18-10-7-15-12-14(5-6-16(15)13-18)4-2-3-11-19-17-8-9-17/h5-7,10,12-13,17,19H,2-4,8-9,11H2,1H3. The Morgan fingerprint density at radius 1 is 1.05 bits per heavy atom. The smallest absolute Gasteiger partial charge is 0.119 e. The Morgan fingerprint density at radius 2 is 1.85 bits per heavy atom. The molecule has 2 aromatic carbocycles. The largest absolute Gasteiger partial charge is 0.497 e. The van der Waals surface area contributed by atoms with Gasteiger partial charge in [0.1, 0.15) is 5.75 Å². The summed E-state index contributed by atoms with van der Waals surface area (Å²) in [7, 11) is 1.71. The number of hydrogen-bond acceptors (Lipinski definition) is 2. The summed E-state index contributed by atoms with van der Waals surface area (Å²) in [6, 6.07) is 13.9. The number of nitrogens with one attached hydrogen (secondary N) is 1. The third kappa shape index (κ3) is 3.51. The van der Waals surface area contributed by atoms with Crippen molar-refractivity contribution in [1.29, 1.82) is 0 Å². The lowest BCUT2D eigenvalue weighted by Crippen LogP contribution is -2.17. The zero-order valence-corrected chi connectivity index (χ0v) is 12.2. The van der Waals surface area contributed by atoms with Crippen LogP contribution in [-0.4, -0.2) is 19.7 Å². The van der Waals surface area contributed by atoms with Gasteiger partial charge in [-0.25, -0.2) is 0 Å². The van der Waals surface area contributed by atoms with Crippen molar-refractivity contribution in [2.24, 2.45) is 0 Å². The van der Waals surface area contributed by atoms with Crippen LogP contribution in [0.5, 0.6) is 5.75 Å². The molecule has 1 fully saturated rings. The van der Waals surface area contributed by atoms with Gasteiger partial charge in [-0.3, -0.25) is 0 Å². The van der Waals surface area contributed by atoms with E-state index in [1.165, 1.54) is 55.0 Å². The molecule has 0 unspecified atom stereocenters. The Morgan fingerprint density at radius 3 is 2.65 bits per heavy atom. The van der Waals surface area contributed by atoms with Crippen LogP contribution in [0.3, 0.4) is 0 Å². The monoisotopic (exact) mass is 269 g/mol. The van der Waals surface area contributed by atoms with E-state index in [1.54, 1.807) is 7.11 Å². The number of methoxy groups -OCH3 is 1. The lowest BCUT2D eigenvalue weighted by Gasteiger charge is -2.06. The number of benzene rings is 2. The number of unbranched alkanes of at least 4 members (excludes halogenated alkanes) is 1. The second-order valence-electron chi connectivity index (χ2n) is 5.73. The topological polar surface area (TPSA) is 21.3 Å². The van der Waals surface area contributed by atoms with E-state index in [0.717, 1.165) is 11.8 Å². The molecule has 0 bridgehead atoms. The first-order valence-corrected chi connectivity index (χ1v) is 7.65. The lowest BCUT2D eigenvalue weighted by atomic mass is 10.0. The minimum absolute atomic E-state index is 0.839. The molecule has 106 valence electrons. The van der Waals surface area contributed by atoms with Crippen molar-refractivity contribution in [3.8, 4) is 5.75 Å². The van der Waals surface area contributed by atoms with Gasteiger partial charge in [-0.2, -0.15) is 0 Å². The first-order valence-electron chi connectivity index (χ1n) is 7.65. The van der Waals surface area contributed by atoms with E-state index in [1.807, 2.05) is 6.07 Å². The number of aryl methyl sites for hydroxylation is 1. The van der Waals surface area contributed by atoms with Crippen molar-refractivity contribution in [3.63, 3.8) is 0 Å². The summed E-state index contributed by atoms with van der Waals surface area (Å²) < 4.78 is 5.26. The van der Waals surface area contributed by atoms with E-state index in [4.69, 9.17) is 4.74 Å². The second-order valence-corrected chi connectivity index (χ2v) is 5.73. The molecular weight excluding hydrogens is 246 g/mol. The normalized spacial score (nSPS) is 14.7. The van der Waals surface area contributed by atoms with E-state index in [0.29, 0.717) is 0 Å². The van der Waals surface area contributed by atoms with Crippen LogP contribution in [-0.2, 0) is 6.42 Å². The molecule has 0 saturated heterocycles. The fourth-order valence-electron chi connectivity index (χ4n) is 2.60. The highest BCUT2D eigenvalue weighted by Crippen LogP contribution is 2.22. The highest BCUT2D eigenvalue weighted by Gasteiger charge is 2.19. The summed E-state index contributed by atoms with van der Waals surface area (Å²) in [5.74, 6) is 0.927. The Kier molecular flexibility index (Phi) is 4.22. The molecule has 0 radical (unpaired) electrons. The van der Waals surface area contributed by atoms with Crippen LogP contribution < -0.4 is 10.1 Å². The molecule has 2 nitrogen and oxygen atoms in total. The van der Waals surface area contributed by atoms with Crippen LogP contribution >= 0.6 is 0 Å². The van der Waals surface area contributed by atoms with Crippen molar-refractivity contribution in [1.82, 2.24) is 5.32 Å². The summed E-state index contributed by atoms with van der Waals surface area (Å²) in [6.45, 7) is 1.18. The number of hydrogen-bond donors (Lipinski definition) is 1. The zero-order valence-electron chi connectivity index (χ0n) is 12.2. The van der Waals surface area contributed by atoms with Crippen LogP contribution in [0.2, 0.25) is 0 Å². The molecule has 0 aliphatic heterocycles. The van der Waals surface area contributed by atoms with Crippen LogP contribution in [0.15, 0.2) is 36.4 Å². The average Bonchev–Trinajstić information content (AvgIpc) is 3.30. The first kappa shape index (κ1) is 13.4. The van der Waals surface area contributed by atoms with Crippen molar-refractivity contribution < 1.29 is 4.74 Å². The van der Waals surface area contributed by atoms with Gasteiger partial charge in [-0.05, 0) is 67.1 Å². The fraction of sp³-hybridized carbons (Fsp3) is 0.444. The molecule has 1 aliphatic rings. The second kappa shape index (κ2) is 6.27. The highest BCUT2D eigenvalue weighted by molar-refractivity contribution is 5.84. The number of rotatable bonds is 7. The van der Waals surface area contributed by atoms with Gasteiger partial charge in [0.2, 0.25) is 0 Å². The summed E-state index contributed by atoms with van der Waals surface area (Å²) in [6.07, 6.45) is 6.48. The molecule has 0 spiro atoms. The van der Waals surface area contributed by atoms with E-state index in [-0.39, 0.29) is 0 Å². The molecule has 3 rings (SSSR count). The number of fused-ring (bicyclic) bond motifs is 1. The van der Waals surface area contributed by atoms with Crippen LogP contribution in [0.25, 0.3) is 10.8 Å². The van der Waals surface area contributed by atoms with E-state index < -0.39 is 0 Å². The summed E-state index contributed by atoms with van der Waals surface area (Å²) in [5, 5.41) is 6.13. The van der Waals surface area contributed by atoms with Gasteiger partial charge in [0, 0.05) is 6.04 Å². The Labute approximate surface area is 121 Å². The summed E-state index contributed by atoms with van der Waals surface area (Å²) >= 11 is 0. The van der Waals surface area contributed by atoms with Gasteiger partial charge in [0.25, 0.3) is 0 Å². The maximum Gasteiger partial charge on any atom is 0.119 e. The van der Waals surface area contributed by atoms with Gasteiger partial charge >= 0.3 is 0 Å². The highest BCUT2D eigenvalue weighted by atomic mass is 16.5. The maximum absolute atomic E-state index is 5.26. The predicted octanol–water partition coefficient (Wildman–Crippen LogP) is 3.92. The summed E-state index contributed by atoms with van der Waals surface area (Å²) in [5.41, 5.74) is 1.44. The van der Waals surface area contributed by atoms with Crippen LogP contribution in [0, 0.1) is 0 Å². The van der Waals surface area contributed by atoms with Gasteiger partial charge in [-0.15, -0.1) is 0 Å². The lowest BCUT2D eigenvalue weighted by molar-refractivity contribution is 0.415. The molecule has 0 aromatic heterocycles. The molecule has 2 heteroatoms. The van der Waals surface area contributed by atoms with Crippen molar-refractivity contribution in [2.75, 3.05) is 13.7 Å². The van der Waals surface area contributed by atoms with E-state index >= 15 is 0 Å². The Bertz CT molecular complexity index is 575. The van der Waals surface area contributed by atoms with Crippen molar-refractivity contribution in [3.05, 3.63) is 42.0 Å². The van der Waals surface area contributed by atoms with Crippen molar-refractivity contribution in [2.45, 2.75) is 38.1 Å². The molecule has 2 aromatic rings. The Hall–Kier alpha value is -1.54. The van der Waals surface area contributed by atoms with Crippen LogP contribution in [0.1, 0.15) is 31.2 Å². The predicted molar refractivity (Wildman–Crippen MR) is 84.5 cm³/mol. The minimum atomic E-state index is 0.839. The SMILES string of the molecule is COc1ccc2cc(CCCCNC3CC3)ccc2c1. The van der Waals surface area contributed by atoms with E-state index in [2.05, 4.69) is 35.6 Å². The van der Waals surface area contributed by atoms with E-state index in [9.17, 15) is 0 Å². The van der Waals surface area contributed by atoms with Gasteiger partial charge < -0.3 is 10.1 Å². The maximum atomic E-state index is 5.26. The van der Waals surface area contributed by atoms with Crippen LogP contribution in [0.4, 0.5) is 0 Å². The third-order valence-corrected chi connectivity index (χ3v) is 4.01. The molecule has 20 heavy (non-hydrogen) atoms. The van der Waals surface area contributed by atoms with Crippen molar-refractivity contribution >= 4 is 10.8 Å². The fourth-order valence-corrected chi connectivity index (χ4v) is 2.60. The van der Waals surface area contributed by atoms with Gasteiger partial charge in [0.05, 0.1) is 7.11 Å². The molecule has 1 aliphatic carbocycles. The first-order chi connectivity index (χ1) is 9.85.